The van der Waals surface area contributed by atoms with Crippen LogP contribution in [0.5, 0.6) is 0 Å². The standard InChI is InChI=1S/C14H18N2O/c1-11-7-12(2)9-13(8-11)14(16-10-17)3-5-15-6-4-14/h7-9,15H,3-6H2,1-2H3. The molecule has 1 heterocycles. The van der Waals surface area contributed by atoms with Crippen LogP contribution in [-0.4, -0.2) is 19.2 Å². The number of rotatable bonds is 2. The number of benzene rings is 1. The van der Waals surface area contributed by atoms with E-state index in [2.05, 4.69) is 42.4 Å². The summed E-state index contributed by atoms with van der Waals surface area (Å²) in [6.07, 6.45) is 3.50. The quantitative estimate of drug-likeness (QED) is 0.625. The Morgan fingerprint density at radius 3 is 2.29 bits per heavy atom. The fourth-order valence-electron chi connectivity index (χ4n) is 2.64. The third-order valence-corrected chi connectivity index (χ3v) is 3.45. The molecule has 1 aliphatic rings. The van der Waals surface area contributed by atoms with Crippen molar-refractivity contribution in [3.05, 3.63) is 34.9 Å². The third kappa shape index (κ3) is 2.46. The molecule has 90 valence electrons. The van der Waals surface area contributed by atoms with Crippen LogP contribution in [0.3, 0.4) is 0 Å². The molecule has 2 rings (SSSR count). The van der Waals surface area contributed by atoms with E-state index in [1.165, 1.54) is 11.1 Å². The Morgan fingerprint density at radius 1 is 1.18 bits per heavy atom. The molecule has 0 amide bonds. The fraction of sp³-hybridized carbons (Fsp3) is 0.500. The van der Waals surface area contributed by atoms with Gasteiger partial charge in [-0.15, -0.1) is 0 Å². The first-order chi connectivity index (χ1) is 8.16. The van der Waals surface area contributed by atoms with E-state index in [4.69, 9.17) is 0 Å². The van der Waals surface area contributed by atoms with E-state index in [1.54, 1.807) is 6.08 Å². The Hall–Kier alpha value is -1.44. The number of piperidine rings is 1. The van der Waals surface area contributed by atoms with Crippen molar-refractivity contribution in [3.63, 3.8) is 0 Å². The average molecular weight is 230 g/mol. The van der Waals surface area contributed by atoms with Gasteiger partial charge in [-0.3, -0.25) is 0 Å². The Morgan fingerprint density at radius 2 is 1.76 bits per heavy atom. The molecule has 0 saturated carbocycles. The fourth-order valence-corrected chi connectivity index (χ4v) is 2.64. The number of isocyanates is 1. The zero-order valence-corrected chi connectivity index (χ0v) is 10.4. The topological polar surface area (TPSA) is 41.5 Å². The van der Waals surface area contributed by atoms with E-state index in [0.717, 1.165) is 31.5 Å². The van der Waals surface area contributed by atoms with Gasteiger partial charge in [0.25, 0.3) is 0 Å². The van der Waals surface area contributed by atoms with Crippen LogP contribution in [0.2, 0.25) is 0 Å². The first-order valence-corrected chi connectivity index (χ1v) is 6.05. The number of nitrogens with zero attached hydrogens (tertiary/aromatic N) is 1. The molecule has 0 atom stereocenters. The smallest absolute Gasteiger partial charge is 0.235 e. The predicted octanol–water partition coefficient (Wildman–Crippen LogP) is 2.22. The molecule has 1 aromatic rings. The molecule has 1 fully saturated rings. The lowest BCUT2D eigenvalue weighted by Crippen LogP contribution is -2.38. The van der Waals surface area contributed by atoms with Gasteiger partial charge in [0.05, 0.1) is 0 Å². The summed E-state index contributed by atoms with van der Waals surface area (Å²) in [7, 11) is 0. The molecule has 1 N–H and O–H groups in total. The molecule has 3 nitrogen and oxygen atoms in total. The molecular formula is C14H18N2O. The van der Waals surface area contributed by atoms with Crippen LogP contribution >= 0.6 is 0 Å². The molecule has 0 aromatic heterocycles. The molecule has 0 spiro atoms. The van der Waals surface area contributed by atoms with Gasteiger partial charge in [-0.05, 0) is 45.3 Å². The van der Waals surface area contributed by atoms with Gasteiger partial charge in [0.15, 0.2) is 0 Å². The zero-order chi connectivity index (χ0) is 12.3. The van der Waals surface area contributed by atoms with Crippen molar-refractivity contribution in [2.24, 2.45) is 4.99 Å². The minimum atomic E-state index is -0.357. The number of aryl methyl sites for hydroxylation is 2. The largest absolute Gasteiger partial charge is 0.317 e. The van der Waals surface area contributed by atoms with Crippen molar-refractivity contribution in [1.29, 1.82) is 0 Å². The van der Waals surface area contributed by atoms with E-state index in [1.807, 2.05) is 0 Å². The SMILES string of the molecule is Cc1cc(C)cc(C2(N=C=O)CCNCC2)c1. The number of carbonyl (C=O) groups excluding carboxylic acids is 1. The van der Waals surface area contributed by atoms with E-state index < -0.39 is 0 Å². The molecule has 0 unspecified atom stereocenters. The highest BCUT2D eigenvalue weighted by Crippen LogP contribution is 2.35. The van der Waals surface area contributed by atoms with Crippen molar-refractivity contribution in [1.82, 2.24) is 5.32 Å². The summed E-state index contributed by atoms with van der Waals surface area (Å²) in [5.41, 5.74) is 3.24. The molecule has 0 bridgehead atoms. The molecule has 0 aliphatic carbocycles. The van der Waals surface area contributed by atoms with Gasteiger partial charge in [-0.2, -0.15) is 4.99 Å². The Bertz CT molecular complexity index is 435. The Balaban J connectivity index is 2.47. The van der Waals surface area contributed by atoms with Gasteiger partial charge in [0.1, 0.15) is 5.54 Å². The van der Waals surface area contributed by atoms with Gasteiger partial charge in [0.2, 0.25) is 6.08 Å². The van der Waals surface area contributed by atoms with Gasteiger partial charge in [-0.25, -0.2) is 4.79 Å². The summed E-state index contributed by atoms with van der Waals surface area (Å²) in [5.74, 6) is 0. The van der Waals surface area contributed by atoms with Crippen molar-refractivity contribution in [3.8, 4) is 0 Å². The van der Waals surface area contributed by atoms with Crippen LogP contribution in [0.4, 0.5) is 0 Å². The second kappa shape index (κ2) is 4.82. The lowest BCUT2D eigenvalue weighted by Gasteiger charge is -2.33. The maximum absolute atomic E-state index is 10.7. The zero-order valence-electron chi connectivity index (χ0n) is 10.4. The Labute approximate surface area is 102 Å². The molecular weight excluding hydrogens is 212 g/mol. The number of nitrogens with one attached hydrogen (secondary N) is 1. The maximum atomic E-state index is 10.7. The summed E-state index contributed by atoms with van der Waals surface area (Å²) >= 11 is 0. The van der Waals surface area contributed by atoms with Crippen molar-refractivity contribution in [2.45, 2.75) is 32.2 Å². The van der Waals surface area contributed by atoms with Crippen LogP contribution in [-0.2, 0) is 10.3 Å². The van der Waals surface area contributed by atoms with Crippen LogP contribution in [0.15, 0.2) is 23.2 Å². The maximum Gasteiger partial charge on any atom is 0.235 e. The average Bonchev–Trinajstić information content (AvgIpc) is 2.29. The van der Waals surface area contributed by atoms with Crippen molar-refractivity contribution in [2.75, 3.05) is 13.1 Å². The summed E-state index contributed by atoms with van der Waals surface area (Å²) < 4.78 is 0. The van der Waals surface area contributed by atoms with Crippen molar-refractivity contribution >= 4 is 6.08 Å². The van der Waals surface area contributed by atoms with Crippen molar-refractivity contribution < 1.29 is 4.79 Å². The van der Waals surface area contributed by atoms with Gasteiger partial charge in [-0.1, -0.05) is 29.3 Å². The summed E-state index contributed by atoms with van der Waals surface area (Å²) in [4.78, 5) is 14.8. The lowest BCUT2D eigenvalue weighted by atomic mass is 9.81. The highest BCUT2D eigenvalue weighted by atomic mass is 16.1. The first-order valence-electron chi connectivity index (χ1n) is 6.05. The van der Waals surface area contributed by atoms with E-state index in [9.17, 15) is 4.79 Å². The second-order valence-electron chi connectivity index (χ2n) is 4.86. The number of aliphatic imine (C=N–C) groups is 1. The van der Waals surface area contributed by atoms with Crippen LogP contribution in [0.1, 0.15) is 29.5 Å². The molecule has 3 heteroatoms. The monoisotopic (exact) mass is 230 g/mol. The first kappa shape index (κ1) is 12.0. The van der Waals surface area contributed by atoms with Crippen LogP contribution in [0.25, 0.3) is 0 Å². The number of hydrogen-bond donors (Lipinski definition) is 1. The number of hydrogen-bond acceptors (Lipinski definition) is 3. The van der Waals surface area contributed by atoms with E-state index in [0.29, 0.717) is 0 Å². The van der Waals surface area contributed by atoms with Crippen LogP contribution < -0.4 is 5.32 Å². The molecule has 1 saturated heterocycles. The van der Waals surface area contributed by atoms with E-state index in [-0.39, 0.29) is 5.54 Å². The third-order valence-electron chi connectivity index (χ3n) is 3.45. The van der Waals surface area contributed by atoms with Gasteiger partial charge < -0.3 is 5.32 Å². The highest BCUT2D eigenvalue weighted by Gasteiger charge is 2.33. The second-order valence-corrected chi connectivity index (χ2v) is 4.86. The minimum Gasteiger partial charge on any atom is -0.317 e. The molecule has 1 aromatic carbocycles. The summed E-state index contributed by atoms with van der Waals surface area (Å²) in [5, 5.41) is 3.31. The highest BCUT2D eigenvalue weighted by molar-refractivity contribution is 5.40. The molecule has 17 heavy (non-hydrogen) atoms. The van der Waals surface area contributed by atoms with E-state index >= 15 is 0 Å². The molecule has 1 aliphatic heterocycles. The van der Waals surface area contributed by atoms with Gasteiger partial charge in [0, 0.05) is 0 Å². The summed E-state index contributed by atoms with van der Waals surface area (Å²) in [6.45, 7) is 5.96. The predicted molar refractivity (Wildman–Crippen MR) is 67.8 cm³/mol. The summed E-state index contributed by atoms with van der Waals surface area (Å²) in [6, 6.07) is 6.42. The Kier molecular flexibility index (Phi) is 3.41. The normalized spacial score (nSPS) is 18.5. The minimum absolute atomic E-state index is 0.357. The van der Waals surface area contributed by atoms with Gasteiger partial charge >= 0.3 is 0 Å². The molecule has 0 radical (unpaired) electrons. The lowest BCUT2D eigenvalue weighted by molar-refractivity contribution is 0.318. The van der Waals surface area contributed by atoms with Crippen LogP contribution in [0, 0.1) is 13.8 Å².